The minimum absolute atomic E-state index is 0.305. The van der Waals surface area contributed by atoms with Gasteiger partial charge in [0.25, 0.3) is 0 Å². The molecule has 0 saturated carbocycles. The van der Waals surface area contributed by atoms with Gasteiger partial charge in [-0.05, 0) is 31.0 Å². The normalized spacial score (nSPS) is 14.5. The topological polar surface area (TPSA) is 69.0 Å². The average Bonchev–Trinajstić information content (AvgIpc) is 2.98. The molecule has 1 saturated heterocycles. The lowest BCUT2D eigenvalue weighted by Crippen LogP contribution is -2.29. The Bertz CT molecular complexity index is 687. The van der Waals surface area contributed by atoms with Crippen molar-refractivity contribution in [3.63, 3.8) is 0 Å². The molecule has 2 heterocycles. The summed E-state index contributed by atoms with van der Waals surface area (Å²) in [7, 11) is 0. The zero-order valence-corrected chi connectivity index (χ0v) is 10.7. The predicted molar refractivity (Wildman–Crippen MR) is 70.4 cm³/mol. The Labute approximate surface area is 114 Å². The van der Waals surface area contributed by atoms with Gasteiger partial charge in [-0.2, -0.15) is 0 Å². The lowest BCUT2D eigenvalue weighted by Gasteiger charge is -2.13. The van der Waals surface area contributed by atoms with E-state index in [-0.39, 0.29) is 0 Å². The molecule has 0 spiro atoms. The molecule has 0 unspecified atom stereocenters. The molecule has 3 rings (SSSR count). The zero-order chi connectivity index (χ0) is 13.9. The number of hydrogen-bond donors (Lipinski definition) is 0. The molecule has 1 aliphatic rings. The van der Waals surface area contributed by atoms with Crippen molar-refractivity contribution in [3.05, 3.63) is 40.8 Å². The second-order valence-corrected chi connectivity index (χ2v) is 4.58. The van der Waals surface area contributed by atoms with Gasteiger partial charge in [0.2, 0.25) is 0 Å². The van der Waals surface area contributed by atoms with Crippen molar-refractivity contribution < 1.29 is 19.0 Å². The van der Waals surface area contributed by atoms with Gasteiger partial charge in [0.05, 0.1) is 0 Å². The Morgan fingerprint density at radius 2 is 1.90 bits per heavy atom. The number of fused-ring (bicyclic) bond motifs is 1. The molecule has 1 aromatic heterocycles. The highest BCUT2D eigenvalue weighted by Gasteiger charge is 2.20. The van der Waals surface area contributed by atoms with E-state index in [0.29, 0.717) is 24.4 Å². The van der Waals surface area contributed by atoms with Crippen LogP contribution in [0.4, 0.5) is 4.79 Å². The van der Waals surface area contributed by atoms with E-state index >= 15 is 0 Å². The fourth-order valence-corrected chi connectivity index (χ4v) is 2.13. The van der Waals surface area contributed by atoms with E-state index in [2.05, 4.69) is 0 Å². The molecule has 0 atom stereocenters. The fourth-order valence-electron chi connectivity index (χ4n) is 2.13. The van der Waals surface area contributed by atoms with E-state index in [1.54, 1.807) is 23.1 Å². The predicted octanol–water partition coefficient (Wildman–Crippen LogP) is 2.32. The van der Waals surface area contributed by atoms with Gasteiger partial charge in [-0.15, -0.1) is 0 Å². The minimum Gasteiger partial charge on any atom is -0.423 e. The second-order valence-electron chi connectivity index (χ2n) is 4.58. The van der Waals surface area contributed by atoms with Gasteiger partial charge in [-0.3, -0.25) is 4.89 Å². The molecule has 0 radical (unpaired) electrons. The molecular formula is C14H13NO5. The molecular weight excluding hydrogens is 262 g/mol. The number of hydrogen-bond acceptors (Lipinski definition) is 5. The van der Waals surface area contributed by atoms with Crippen LogP contribution in [0, 0.1) is 0 Å². The number of likely N-dealkylation sites (tertiary alicyclic amines) is 1. The third-order valence-electron chi connectivity index (χ3n) is 3.17. The Morgan fingerprint density at radius 3 is 2.70 bits per heavy atom. The van der Waals surface area contributed by atoms with Gasteiger partial charge in [-0.1, -0.05) is 0 Å². The Kier molecular flexibility index (Phi) is 3.28. The molecule has 0 bridgehead atoms. The van der Waals surface area contributed by atoms with Crippen LogP contribution < -0.4 is 10.5 Å². The van der Waals surface area contributed by atoms with Crippen molar-refractivity contribution >= 4 is 17.1 Å². The average molecular weight is 275 g/mol. The first-order chi connectivity index (χ1) is 9.72. The summed E-state index contributed by atoms with van der Waals surface area (Å²) in [6.45, 7) is 1.38. The van der Waals surface area contributed by atoms with E-state index in [1.807, 2.05) is 0 Å². The van der Waals surface area contributed by atoms with Crippen LogP contribution in [0.15, 0.2) is 39.5 Å². The fraction of sp³-hybridized carbons (Fsp3) is 0.286. The highest BCUT2D eigenvalue weighted by Crippen LogP contribution is 2.20. The van der Waals surface area contributed by atoms with Crippen LogP contribution in [0.5, 0.6) is 5.75 Å². The summed E-state index contributed by atoms with van der Waals surface area (Å²) < 4.78 is 5.02. The molecule has 20 heavy (non-hydrogen) atoms. The number of nitrogens with zero attached hydrogens (tertiary/aromatic N) is 1. The van der Waals surface area contributed by atoms with Gasteiger partial charge in [-0.25, -0.2) is 14.5 Å². The Balaban J connectivity index is 1.71. The highest BCUT2D eigenvalue weighted by molar-refractivity contribution is 5.77. The van der Waals surface area contributed by atoms with Crippen LogP contribution in [-0.4, -0.2) is 24.1 Å². The minimum atomic E-state index is -0.503. The van der Waals surface area contributed by atoms with E-state index in [0.717, 1.165) is 18.2 Å². The lowest BCUT2D eigenvalue weighted by molar-refractivity contribution is -0.152. The molecule has 1 aromatic carbocycles. The smallest absolute Gasteiger partial charge is 0.423 e. The van der Waals surface area contributed by atoms with Crippen molar-refractivity contribution in [1.82, 2.24) is 4.90 Å². The van der Waals surface area contributed by atoms with Crippen LogP contribution >= 0.6 is 0 Å². The summed E-state index contributed by atoms with van der Waals surface area (Å²) in [4.78, 5) is 34.1. The van der Waals surface area contributed by atoms with Gasteiger partial charge in [0.1, 0.15) is 5.58 Å². The van der Waals surface area contributed by atoms with Crippen LogP contribution in [0.25, 0.3) is 11.0 Å². The van der Waals surface area contributed by atoms with Gasteiger partial charge >= 0.3 is 11.7 Å². The van der Waals surface area contributed by atoms with E-state index in [9.17, 15) is 9.59 Å². The number of benzene rings is 1. The SMILES string of the molecule is O=C(OOc1ccc2ccc(=O)oc2c1)N1CCCC1. The summed E-state index contributed by atoms with van der Waals surface area (Å²) in [5, 5.41) is 0.766. The number of rotatable bonds is 2. The quantitative estimate of drug-likeness (QED) is 0.478. The molecule has 1 amide bonds. The molecule has 2 aromatic rings. The maximum Gasteiger partial charge on any atom is 0.452 e. The third-order valence-corrected chi connectivity index (χ3v) is 3.17. The molecule has 0 aliphatic carbocycles. The number of carbonyl (C=O) groups excluding carboxylic acids is 1. The Hall–Kier alpha value is -2.50. The zero-order valence-electron chi connectivity index (χ0n) is 10.7. The molecule has 0 N–H and O–H groups in total. The maximum atomic E-state index is 11.6. The molecule has 6 heteroatoms. The largest absolute Gasteiger partial charge is 0.452 e. The first-order valence-corrected chi connectivity index (χ1v) is 6.40. The van der Waals surface area contributed by atoms with E-state index in [4.69, 9.17) is 14.2 Å². The summed E-state index contributed by atoms with van der Waals surface area (Å²) in [6, 6.07) is 7.86. The van der Waals surface area contributed by atoms with Crippen molar-refractivity contribution in [2.45, 2.75) is 12.8 Å². The molecule has 6 nitrogen and oxygen atoms in total. The summed E-state index contributed by atoms with van der Waals surface area (Å²) >= 11 is 0. The van der Waals surface area contributed by atoms with Crippen LogP contribution in [-0.2, 0) is 4.89 Å². The highest BCUT2D eigenvalue weighted by atomic mass is 17.2. The number of amides is 1. The first-order valence-electron chi connectivity index (χ1n) is 6.40. The van der Waals surface area contributed by atoms with Crippen molar-refractivity contribution in [3.8, 4) is 5.75 Å². The van der Waals surface area contributed by atoms with E-state index < -0.39 is 11.7 Å². The second kappa shape index (κ2) is 5.24. The molecule has 104 valence electrons. The van der Waals surface area contributed by atoms with Gasteiger partial charge < -0.3 is 9.32 Å². The van der Waals surface area contributed by atoms with Crippen molar-refractivity contribution in [2.24, 2.45) is 0 Å². The number of carbonyl (C=O) groups is 1. The summed E-state index contributed by atoms with van der Waals surface area (Å²) in [6.07, 6.45) is 1.46. The standard InChI is InChI=1S/C14H13NO5/c16-13-6-4-10-3-5-11(9-12(10)18-13)19-20-14(17)15-7-1-2-8-15/h3-6,9H,1-2,7-8H2. The lowest BCUT2D eigenvalue weighted by atomic mass is 10.2. The Morgan fingerprint density at radius 1 is 1.15 bits per heavy atom. The van der Waals surface area contributed by atoms with E-state index in [1.165, 1.54) is 12.1 Å². The monoisotopic (exact) mass is 275 g/mol. The third kappa shape index (κ3) is 2.59. The van der Waals surface area contributed by atoms with Gasteiger partial charge in [0.15, 0.2) is 5.75 Å². The van der Waals surface area contributed by atoms with Crippen molar-refractivity contribution in [1.29, 1.82) is 0 Å². The van der Waals surface area contributed by atoms with Crippen LogP contribution in [0.2, 0.25) is 0 Å². The van der Waals surface area contributed by atoms with Crippen LogP contribution in [0.1, 0.15) is 12.8 Å². The maximum absolute atomic E-state index is 11.6. The summed E-state index contributed by atoms with van der Waals surface area (Å²) in [5.74, 6) is 0.305. The first kappa shape index (κ1) is 12.5. The van der Waals surface area contributed by atoms with Crippen LogP contribution in [0.3, 0.4) is 0 Å². The van der Waals surface area contributed by atoms with Gasteiger partial charge in [0, 0.05) is 30.6 Å². The molecule has 1 fully saturated rings. The summed E-state index contributed by atoms with van der Waals surface area (Å²) in [5.41, 5.74) is -0.0593. The molecule has 1 aliphatic heterocycles. The van der Waals surface area contributed by atoms with Crippen molar-refractivity contribution in [2.75, 3.05) is 13.1 Å².